The summed E-state index contributed by atoms with van der Waals surface area (Å²) in [7, 11) is 1.66. The highest BCUT2D eigenvalue weighted by atomic mass is 16.5. The molecule has 0 radical (unpaired) electrons. The highest BCUT2D eigenvalue weighted by Gasteiger charge is 2.20. The summed E-state index contributed by atoms with van der Waals surface area (Å²) in [5, 5.41) is 0. The van der Waals surface area contributed by atoms with Crippen molar-refractivity contribution in [2.45, 2.75) is 40.5 Å². The number of hydrogen-bond donors (Lipinski definition) is 0. The molecule has 1 rings (SSSR count). The number of Topliss-reactive ketones (excluding diaryl/α,β-unsaturated/α-hetero) is 1. The second-order valence-electron chi connectivity index (χ2n) is 5.47. The first-order valence-corrected chi connectivity index (χ1v) is 6.01. The second-order valence-corrected chi connectivity index (χ2v) is 5.47. The highest BCUT2D eigenvalue weighted by molar-refractivity contribution is 5.83. The molecule has 0 bridgehead atoms. The summed E-state index contributed by atoms with van der Waals surface area (Å²) < 4.78 is 5.16. The summed E-state index contributed by atoms with van der Waals surface area (Å²) >= 11 is 0. The monoisotopic (exact) mass is 234 g/mol. The molecule has 0 spiro atoms. The number of rotatable bonds is 4. The maximum atomic E-state index is 11.8. The summed E-state index contributed by atoms with van der Waals surface area (Å²) in [6.07, 6.45) is 1.42. The fourth-order valence-corrected chi connectivity index (χ4v) is 1.70. The van der Waals surface area contributed by atoms with E-state index in [0.717, 1.165) is 12.2 Å². The first kappa shape index (κ1) is 13.8. The Morgan fingerprint density at radius 2 is 1.94 bits per heavy atom. The Bertz CT molecular complexity index is 400. The van der Waals surface area contributed by atoms with Crippen LogP contribution in [0.4, 0.5) is 0 Å². The molecule has 0 aromatic heterocycles. The number of aryl methyl sites for hydroxylation is 2. The van der Waals surface area contributed by atoms with Crippen molar-refractivity contribution in [2.24, 2.45) is 5.41 Å². The van der Waals surface area contributed by atoms with Crippen LogP contribution in [0.5, 0.6) is 5.75 Å². The van der Waals surface area contributed by atoms with E-state index in [4.69, 9.17) is 4.74 Å². The van der Waals surface area contributed by atoms with E-state index in [0.29, 0.717) is 12.2 Å². The van der Waals surface area contributed by atoms with Gasteiger partial charge in [0.05, 0.1) is 7.11 Å². The standard InChI is InChI=1S/C15H22O2/c1-11-10-13(17-5)8-6-12(11)7-9-14(16)15(2,3)4/h6,8,10H,7,9H2,1-5H3. The van der Waals surface area contributed by atoms with E-state index in [9.17, 15) is 4.79 Å². The molecule has 94 valence electrons. The first-order valence-electron chi connectivity index (χ1n) is 6.01. The Morgan fingerprint density at radius 1 is 1.29 bits per heavy atom. The lowest BCUT2D eigenvalue weighted by Gasteiger charge is -2.16. The summed E-state index contributed by atoms with van der Waals surface area (Å²) in [5.74, 6) is 1.18. The van der Waals surface area contributed by atoms with Crippen molar-refractivity contribution in [3.05, 3.63) is 29.3 Å². The van der Waals surface area contributed by atoms with Crippen molar-refractivity contribution >= 4 is 5.78 Å². The lowest BCUT2D eigenvalue weighted by molar-refractivity contribution is -0.126. The van der Waals surface area contributed by atoms with Gasteiger partial charge in [-0.15, -0.1) is 0 Å². The van der Waals surface area contributed by atoms with E-state index in [2.05, 4.69) is 6.92 Å². The average Bonchev–Trinajstić information content (AvgIpc) is 2.25. The Balaban J connectivity index is 2.67. The summed E-state index contributed by atoms with van der Waals surface area (Å²) in [5.41, 5.74) is 2.18. The number of methoxy groups -OCH3 is 1. The van der Waals surface area contributed by atoms with Crippen molar-refractivity contribution in [3.63, 3.8) is 0 Å². The van der Waals surface area contributed by atoms with Gasteiger partial charge in [0, 0.05) is 11.8 Å². The van der Waals surface area contributed by atoms with E-state index in [1.54, 1.807) is 7.11 Å². The van der Waals surface area contributed by atoms with Crippen LogP contribution in [0, 0.1) is 12.3 Å². The Labute approximate surface area is 104 Å². The zero-order valence-electron chi connectivity index (χ0n) is 11.5. The molecule has 0 amide bonds. The normalized spacial score (nSPS) is 11.4. The maximum Gasteiger partial charge on any atom is 0.138 e. The molecule has 0 unspecified atom stereocenters. The molecule has 0 heterocycles. The third kappa shape index (κ3) is 3.88. The van der Waals surface area contributed by atoms with Gasteiger partial charge in [-0.25, -0.2) is 0 Å². The van der Waals surface area contributed by atoms with E-state index in [1.807, 2.05) is 39.0 Å². The van der Waals surface area contributed by atoms with Crippen LogP contribution in [0.25, 0.3) is 0 Å². The predicted molar refractivity (Wildman–Crippen MR) is 70.5 cm³/mol. The van der Waals surface area contributed by atoms with Gasteiger partial charge in [0.1, 0.15) is 11.5 Å². The van der Waals surface area contributed by atoms with Crippen LogP contribution in [0.3, 0.4) is 0 Å². The van der Waals surface area contributed by atoms with E-state index < -0.39 is 0 Å². The molecule has 0 atom stereocenters. The number of ether oxygens (including phenoxy) is 1. The molecule has 0 fully saturated rings. The van der Waals surface area contributed by atoms with Gasteiger partial charge in [0.2, 0.25) is 0 Å². The SMILES string of the molecule is COc1ccc(CCC(=O)C(C)(C)C)c(C)c1. The fourth-order valence-electron chi connectivity index (χ4n) is 1.70. The summed E-state index contributed by atoms with van der Waals surface area (Å²) in [6, 6.07) is 6.00. The van der Waals surface area contributed by atoms with Crippen molar-refractivity contribution in [1.29, 1.82) is 0 Å². The van der Waals surface area contributed by atoms with Crippen molar-refractivity contribution in [3.8, 4) is 5.75 Å². The Hall–Kier alpha value is -1.31. The minimum Gasteiger partial charge on any atom is -0.497 e. The summed E-state index contributed by atoms with van der Waals surface area (Å²) in [6.45, 7) is 7.96. The summed E-state index contributed by atoms with van der Waals surface area (Å²) in [4.78, 5) is 11.8. The van der Waals surface area contributed by atoms with Crippen LogP contribution in [0.1, 0.15) is 38.3 Å². The van der Waals surface area contributed by atoms with Gasteiger partial charge < -0.3 is 4.74 Å². The molecular weight excluding hydrogens is 212 g/mol. The zero-order chi connectivity index (χ0) is 13.1. The van der Waals surface area contributed by atoms with Gasteiger partial charge in [0.15, 0.2) is 0 Å². The molecule has 2 heteroatoms. The van der Waals surface area contributed by atoms with Crippen molar-refractivity contribution < 1.29 is 9.53 Å². The van der Waals surface area contributed by atoms with Crippen LogP contribution >= 0.6 is 0 Å². The number of ketones is 1. The molecule has 0 N–H and O–H groups in total. The number of hydrogen-bond acceptors (Lipinski definition) is 2. The molecule has 0 aliphatic carbocycles. The molecule has 2 nitrogen and oxygen atoms in total. The van der Waals surface area contributed by atoms with Gasteiger partial charge in [0.25, 0.3) is 0 Å². The minimum atomic E-state index is -0.236. The maximum absolute atomic E-state index is 11.8. The molecule has 1 aromatic rings. The molecular formula is C15H22O2. The molecule has 1 aromatic carbocycles. The molecule has 0 saturated heterocycles. The van der Waals surface area contributed by atoms with Gasteiger partial charge in [-0.1, -0.05) is 26.8 Å². The lowest BCUT2D eigenvalue weighted by atomic mass is 9.87. The molecule has 0 aliphatic rings. The van der Waals surface area contributed by atoms with Crippen molar-refractivity contribution in [2.75, 3.05) is 7.11 Å². The molecule has 0 saturated carbocycles. The smallest absolute Gasteiger partial charge is 0.138 e. The number of carbonyl (C=O) groups is 1. The third-order valence-corrected chi connectivity index (χ3v) is 3.01. The van der Waals surface area contributed by atoms with Gasteiger partial charge in [-0.05, 0) is 36.6 Å². The topological polar surface area (TPSA) is 26.3 Å². The van der Waals surface area contributed by atoms with Crippen molar-refractivity contribution in [1.82, 2.24) is 0 Å². The molecule has 17 heavy (non-hydrogen) atoms. The largest absolute Gasteiger partial charge is 0.497 e. The van der Waals surface area contributed by atoms with Crippen LogP contribution in [0.2, 0.25) is 0 Å². The van der Waals surface area contributed by atoms with E-state index in [-0.39, 0.29) is 5.41 Å². The van der Waals surface area contributed by atoms with E-state index in [1.165, 1.54) is 11.1 Å². The molecule has 0 aliphatic heterocycles. The van der Waals surface area contributed by atoms with Crippen LogP contribution in [0.15, 0.2) is 18.2 Å². The zero-order valence-corrected chi connectivity index (χ0v) is 11.5. The van der Waals surface area contributed by atoms with Gasteiger partial charge in [-0.3, -0.25) is 4.79 Å². The predicted octanol–water partition coefficient (Wildman–Crippen LogP) is 3.55. The number of benzene rings is 1. The third-order valence-electron chi connectivity index (χ3n) is 3.01. The number of carbonyl (C=O) groups excluding carboxylic acids is 1. The second kappa shape index (κ2) is 5.35. The van der Waals surface area contributed by atoms with Crippen LogP contribution in [-0.2, 0) is 11.2 Å². The fraction of sp³-hybridized carbons (Fsp3) is 0.533. The van der Waals surface area contributed by atoms with Gasteiger partial charge >= 0.3 is 0 Å². The van der Waals surface area contributed by atoms with E-state index >= 15 is 0 Å². The Morgan fingerprint density at radius 3 is 2.41 bits per heavy atom. The van der Waals surface area contributed by atoms with Gasteiger partial charge in [-0.2, -0.15) is 0 Å². The minimum absolute atomic E-state index is 0.236. The first-order chi connectivity index (χ1) is 7.84. The highest BCUT2D eigenvalue weighted by Crippen LogP contribution is 2.21. The Kier molecular flexibility index (Phi) is 4.33. The lowest BCUT2D eigenvalue weighted by Crippen LogP contribution is -2.20. The van der Waals surface area contributed by atoms with Crippen LogP contribution < -0.4 is 4.74 Å². The average molecular weight is 234 g/mol. The van der Waals surface area contributed by atoms with Crippen LogP contribution in [-0.4, -0.2) is 12.9 Å². The quantitative estimate of drug-likeness (QED) is 0.796.